The Hall–Kier alpha value is -1.10. The fraction of sp³-hybridized carbons (Fsp3) is 0.438. The first-order chi connectivity index (χ1) is 10.2. The van der Waals surface area contributed by atoms with E-state index in [2.05, 4.69) is 24.1 Å². The average Bonchev–Trinajstić information content (AvgIpc) is 3.06. The van der Waals surface area contributed by atoms with Gasteiger partial charge in [-0.05, 0) is 43.1 Å². The van der Waals surface area contributed by atoms with Gasteiger partial charge in [0.1, 0.15) is 5.75 Å². The molecule has 0 radical (unpaired) electrons. The van der Waals surface area contributed by atoms with E-state index >= 15 is 0 Å². The van der Waals surface area contributed by atoms with Gasteiger partial charge in [-0.25, -0.2) is 4.98 Å². The highest BCUT2D eigenvalue weighted by atomic mass is 35.5. The van der Waals surface area contributed by atoms with Crippen LogP contribution in [0, 0.1) is 6.92 Å². The molecule has 1 aliphatic heterocycles. The van der Waals surface area contributed by atoms with Crippen LogP contribution in [0.5, 0.6) is 5.75 Å². The standard InChI is InChI=1S/C16H19ClN2OS/c1-3-18-14(16-10(2)19-9-21-16)8-12-7-13(17)6-11-4-5-20-15(11)12/h6-7,9,14,18H,3-5,8H2,1-2H3. The predicted molar refractivity (Wildman–Crippen MR) is 87.6 cm³/mol. The summed E-state index contributed by atoms with van der Waals surface area (Å²) in [5.74, 6) is 1.03. The zero-order chi connectivity index (χ0) is 14.8. The van der Waals surface area contributed by atoms with Crippen molar-refractivity contribution in [2.24, 2.45) is 0 Å². The predicted octanol–water partition coefficient (Wildman–Crippen LogP) is 3.93. The molecule has 0 fully saturated rings. The molecule has 1 aromatic heterocycles. The van der Waals surface area contributed by atoms with Crippen molar-refractivity contribution in [3.05, 3.63) is 44.4 Å². The molecule has 5 heteroatoms. The third-order valence-electron chi connectivity index (χ3n) is 3.80. The van der Waals surface area contributed by atoms with Crippen LogP contribution in [0.25, 0.3) is 0 Å². The van der Waals surface area contributed by atoms with Crippen molar-refractivity contribution in [1.29, 1.82) is 0 Å². The van der Waals surface area contributed by atoms with Crippen LogP contribution in [0.1, 0.15) is 34.7 Å². The van der Waals surface area contributed by atoms with Gasteiger partial charge in [-0.15, -0.1) is 11.3 Å². The number of halogens is 1. The minimum Gasteiger partial charge on any atom is -0.493 e. The van der Waals surface area contributed by atoms with E-state index in [9.17, 15) is 0 Å². The Morgan fingerprint density at radius 2 is 2.33 bits per heavy atom. The molecule has 21 heavy (non-hydrogen) atoms. The number of rotatable bonds is 5. The van der Waals surface area contributed by atoms with Gasteiger partial charge in [-0.2, -0.15) is 0 Å². The molecule has 1 N–H and O–H groups in total. The molecule has 112 valence electrons. The lowest BCUT2D eigenvalue weighted by molar-refractivity contribution is 0.351. The zero-order valence-electron chi connectivity index (χ0n) is 12.3. The van der Waals surface area contributed by atoms with Crippen LogP contribution in [-0.2, 0) is 12.8 Å². The third-order valence-corrected chi connectivity index (χ3v) is 5.06. The Balaban J connectivity index is 1.92. The van der Waals surface area contributed by atoms with Gasteiger partial charge in [0.15, 0.2) is 0 Å². The third kappa shape index (κ3) is 3.07. The number of nitrogens with zero attached hydrogens (tertiary/aromatic N) is 1. The molecular formula is C16H19ClN2OS. The van der Waals surface area contributed by atoms with Crippen molar-refractivity contribution in [1.82, 2.24) is 10.3 Å². The Kier molecular flexibility index (Phi) is 4.48. The van der Waals surface area contributed by atoms with E-state index in [0.717, 1.165) is 42.5 Å². The van der Waals surface area contributed by atoms with Crippen molar-refractivity contribution in [3.63, 3.8) is 0 Å². The highest BCUT2D eigenvalue weighted by molar-refractivity contribution is 7.09. The minimum atomic E-state index is 0.259. The van der Waals surface area contributed by atoms with Crippen LogP contribution < -0.4 is 10.1 Å². The Bertz CT molecular complexity index is 641. The largest absolute Gasteiger partial charge is 0.493 e. The van der Waals surface area contributed by atoms with E-state index in [1.165, 1.54) is 16.0 Å². The summed E-state index contributed by atoms with van der Waals surface area (Å²) in [6.45, 7) is 5.87. The maximum atomic E-state index is 6.26. The molecule has 3 nitrogen and oxygen atoms in total. The first kappa shape index (κ1) is 14.8. The number of fused-ring (bicyclic) bond motifs is 1. The Labute approximate surface area is 134 Å². The monoisotopic (exact) mass is 322 g/mol. The summed E-state index contributed by atoms with van der Waals surface area (Å²) in [7, 11) is 0. The maximum absolute atomic E-state index is 6.26. The van der Waals surface area contributed by atoms with E-state index in [1.807, 2.05) is 17.6 Å². The van der Waals surface area contributed by atoms with E-state index in [1.54, 1.807) is 11.3 Å². The number of nitrogens with one attached hydrogen (secondary N) is 1. The van der Waals surface area contributed by atoms with Gasteiger partial charge in [0, 0.05) is 22.4 Å². The van der Waals surface area contributed by atoms with Gasteiger partial charge in [-0.3, -0.25) is 0 Å². The van der Waals surface area contributed by atoms with Crippen LogP contribution in [0.15, 0.2) is 17.6 Å². The number of hydrogen-bond donors (Lipinski definition) is 1. The van der Waals surface area contributed by atoms with Crippen molar-refractivity contribution in [2.45, 2.75) is 32.7 Å². The molecule has 0 spiro atoms. The van der Waals surface area contributed by atoms with Crippen LogP contribution in [0.3, 0.4) is 0 Å². The summed E-state index contributed by atoms with van der Waals surface area (Å²) in [6, 6.07) is 4.31. The van der Waals surface area contributed by atoms with E-state index in [-0.39, 0.29) is 6.04 Å². The summed E-state index contributed by atoms with van der Waals surface area (Å²) in [5.41, 5.74) is 5.43. The number of likely N-dealkylation sites (N-methyl/N-ethyl adjacent to an activating group) is 1. The second-order valence-corrected chi connectivity index (χ2v) is 6.59. The van der Waals surface area contributed by atoms with Gasteiger partial charge in [0.05, 0.1) is 17.8 Å². The second-order valence-electron chi connectivity index (χ2n) is 5.27. The van der Waals surface area contributed by atoms with Crippen molar-refractivity contribution in [3.8, 4) is 5.75 Å². The molecule has 0 saturated heterocycles. The molecule has 3 rings (SSSR count). The first-order valence-electron chi connectivity index (χ1n) is 7.26. The van der Waals surface area contributed by atoms with Crippen LogP contribution in [0.2, 0.25) is 5.02 Å². The fourth-order valence-electron chi connectivity index (χ4n) is 2.87. The SMILES string of the molecule is CCNC(Cc1cc(Cl)cc2c1OCC2)c1scnc1C. The van der Waals surface area contributed by atoms with Crippen molar-refractivity contribution >= 4 is 22.9 Å². The lowest BCUT2D eigenvalue weighted by Crippen LogP contribution is -2.23. The zero-order valence-corrected chi connectivity index (χ0v) is 13.9. The molecule has 0 saturated carbocycles. The van der Waals surface area contributed by atoms with Crippen molar-refractivity contribution < 1.29 is 4.74 Å². The van der Waals surface area contributed by atoms with Gasteiger partial charge in [0.2, 0.25) is 0 Å². The van der Waals surface area contributed by atoms with E-state index in [0.29, 0.717) is 0 Å². The highest BCUT2D eigenvalue weighted by Gasteiger charge is 2.22. The fourth-order valence-corrected chi connectivity index (χ4v) is 4.01. The van der Waals surface area contributed by atoms with Crippen LogP contribution >= 0.6 is 22.9 Å². The summed E-state index contributed by atoms with van der Waals surface area (Å²) >= 11 is 7.97. The number of benzene rings is 1. The van der Waals surface area contributed by atoms with E-state index < -0.39 is 0 Å². The molecule has 2 aromatic rings. The number of aromatic nitrogens is 1. The Morgan fingerprint density at radius 3 is 3.05 bits per heavy atom. The molecule has 2 heterocycles. The smallest absolute Gasteiger partial charge is 0.125 e. The molecule has 1 atom stereocenters. The second kappa shape index (κ2) is 6.34. The quantitative estimate of drug-likeness (QED) is 0.905. The van der Waals surface area contributed by atoms with Gasteiger partial charge in [-0.1, -0.05) is 18.5 Å². The Morgan fingerprint density at radius 1 is 1.48 bits per heavy atom. The van der Waals surface area contributed by atoms with Gasteiger partial charge >= 0.3 is 0 Å². The van der Waals surface area contributed by atoms with Crippen LogP contribution in [-0.4, -0.2) is 18.1 Å². The summed E-state index contributed by atoms with van der Waals surface area (Å²) < 4.78 is 5.81. The molecule has 0 aliphatic carbocycles. The van der Waals surface area contributed by atoms with Gasteiger partial charge < -0.3 is 10.1 Å². The summed E-state index contributed by atoms with van der Waals surface area (Å²) in [4.78, 5) is 5.67. The average molecular weight is 323 g/mol. The summed E-state index contributed by atoms with van der Waals surface area (Å²) in [6.07, 6.45) is 1.83. The maximum Gasteiger partial charge on any atom is 0.125 e. The highest BCUT2D eigenvalue weighted by Crippen LogP contribution is 2.36. The van der Waals surface area contributed by atoms with Gasteiger partial charge in [0.25, 0.3) is 0 Å². The molecular weight excluding hydrogens is 304 g/mol. The van der Waals surface area contributed by atoms with Crippen molar-refractivity contribution in [2.75, 3.05) is 13.2 Å². The lowest BCUT2D eigenvalue weighted by atomic mass is 10.00. The molecule has 0 amide bonds. The molecule has 0 bridgehead atoms. The normalized spacial score (nSPS) is 14.8. The molecule has 1 unspecified atom stereocenters. The number of hydrogen-bond acceptors (Lipinski definition) is 4. The van der Waals surface area contributed by atoms with Crippen LogP contribution in [0.4, 0.5) is 0 Å². The number of ether oxygens (including phenoxy) is 1. The molecule has 1 aromatic carbocycles. The number of thiazole rings is 1. The van der Waals surface area contributed by atoms with E-state index in [4.69, 9.17) is 16.3 Å². The summed E-state index contributed by atoms with van der Waals surface area (Å²) in [5, 5.41) is 4.35. The first-order valence-corrected chi connectivity index (χ1v) is 8.52. The molecule has 1 aliphatic rings. The topological polar surface area (TPSA) is 34.1 Å². The minimum absolute atomic E-state index is 0.259. The number of aryl methyl sites for hydroxylation is 1. The lowest BCUT2D eigenvalue weighted by Gasteiger charge is -2.19.